The van der Waals surface area contributed by atoms with Gasteiger partial charge in [0.05, 0.1) is 11.8 Å². The summed E-state index contributed by atoms with van der Waals surface area (Å²) in [4.78, 5) is 41.5. The summed E-state index contributed by atoms with van der Waals surface area (Å²) in [6.07, 6.45) is 7.63. The molecule has 4 aliphatic rings. The Hall–Kier alpha value is -2.47. The van der Waals surface area contributed by atoms with Crippen LogP contribution < -0.4 is 5.32 Å². The van der Waals surface area contributed by atoms with Gasteiger partial charge in [0.1, 0.15) is 6.54 Å². The van der Waals surface area contributed by atoms with Crippen LogP contribution in [0.4, 0.5) is 0 Å². The predicted molar refractivity (Wildman–Crippen MR) is 116 cm³/mol. The number of carbonyl (C=O) groups excluding carboxylic acids is 3. The normalized spacial score (nSPS) is 32.0. The molecule has 2 aliphatic carbocycles. The van der Waals surface area contributed by atoms with Crippen molar-refractivity contribution in [2.45, 2.75) is 39.3 Å². The molecule has 31 heavy (non-hydrogen) atoms. The Morgan fingerprint density at radius 1 is 1.03 bits per heavy atom. The van der Waals surface area contributed by atoms with Gasteiger partial charge < -0.3 is 5.32 Å². The molecule has 6 heteroatoms. The molecule has 0 spiro atoms. The lowest BCUT2D eigenvalue weighted by molar-refractivity contribution is -0.144. The van der Waals surface area contributed by atoms with Crippen molar-refractivity contribution in [3.8, 4) is 0 Å². The highest BCUT2D eigenvalue weighted by molar-refractivity contribution is 6.08. The Bertz CT molecular complexity index is 879. The molecular formula is C25H31N3O3. The Kier molecular flexibility index (Phi) is 5.42. The van der Waals surface area contributed by atoms with Crippen molar-refractivity contribution in [2.24, 2.45) is 29.6 Å². The van der Waals surface area contributed by atoms with E-state index >= 15 is 0 Å². The van der Waals surface area contributed by atoms with Gasteiger partial charge >= 0.3 is 0 Å². The highest BCUT2D eigenvalue weighted by Gasteiger charge is 2.59. The monoisotopic (exact) mass is 421 g/mol. The van der Waals surface area contributed by atoms with Gasteiger partial charge in [-0.1, -0.05) is 43.3 Å². The van der Waals surface area contributed by atoms with Crippen LogP contribution in [-0.2, 0) is 27.5 Å². The zero-order valence-electron chi connectivity index (χ0n) is 18.1. The Balaban J connectivity index is 1.11. The molecule has 164 valence electrons. The van der Waals surface area contributed by atoms with Crippen LogP contribution in [0.15, 0.2) is 36.4 Å². The van der Waals surface area contributed by atoms with Crippen molar-refractivity contribution in [1.29, 1.82) is 0 Å². The molecule has 0 aromatic heterocycles. The van der Waals surface area contributed by atoms with Crippen LogP contribution in [-0.4, -0.2) is 47.2 Å². The van der Waals surface area contributed by atoms with Crippen LogP contribution in [0, 0.1) is 29.6 Å². The Labute approximate surface area is 183 Å². The standard InChI is InChI=1S/C25H31N3O3/c1-16-3-2-10-27(13-16)14-18-6-4-17(5-7-18)12-26-21(29)15-28-24(30)22-19-8-9-20(11-19)23(22)25(28)31/h4-9,16,19-20,22-23H,2-3,10-15H2,1H3,(H,26,29)/t16-,19-,20-,22-,23+/m0/s1. The number of hydrogen-bond acceptors (Lipinski definition) is 4. The summed E-state index contributed by atoms with van der Waals surface area (Å²) in [7, 11) is 0. The number of rotatable bonds is 6. The number of benzene rings is 1. The average Bonchev–Trinajstić information content (AvgIpc) is 3.44. The van der Waals surface area contributed by atoms with E-state index in [9.17, 15) is 14.4 Å². The van der Waals surface area contributed by atoms with Gasteiger partial charge in [0.15, 0.2) is 0 Å². The summed E-state index contributed by atoms with van der Waals surface area (Å²) in [5.74, 6) is 0.00236. The molecule has 5 rings (SSSR count). The molecule has 1 saturated carbocycles. The summed E-state index contributed by atoms with van der Waals surface area (Å²) >= 11 is 0. The number of amides is 3. The first-order chi connectivity index (χ1) is 15.0. The first-order valence-electron chi connectivity index (χ1n) is 11.6. The molecule has 0 unspecified atom stereocenters. The van der Waals surface area contributed by atoms with E-state index in [-0.39, 0.29) is 47.9 Å². The van der Waals surface area contributed by atoms with Gasteiger partial charge in [0.2, 0.25) is 17.7 Å². The topological polar surface area (TPSA) is 69.7 Å². The first kappa shape index (κ1) is 20.4. The lowest BCUT2D eigenvalue weighted by atomic mass is 9.85. The molecule has 3 amide bonds. The Morgan fingerprint density at radius 2 is 1.68 bits per heavy atom. The maximum Gasteiger partial charge on any atom is 0.240 e. The van der Waals surface area contributed by atoms with E-state index in [0.717, 1.165) is 37.5 Å². The fourth-order valence-electron chi connectivity index (χ4n) is 5.97. The van der Waals surface area contributed by atoms with Crippen molar-refractivity contribution >= 4 is 17.7 Å². The number of fused-ring (bicyclic) bond motifs is 5. The minimum atomic E-state index is -0.284. The van der Waals surface area contributed by atoms with Crippen molar-refractivity contribution in [1.82, 2.24) is 15.1 Å². The second-order valence-corrected chi connectivity index (χ2v) is 9.84. The van der Waals surface area contributed by atoms with E-state index < -0.39 is 0 Å². The summed E-state index contributed by atoms with van der Waals surface area (Å²) in [5.41, 5.74) is 2.30. The molecular weight excluding hydrogens is 390 g/mol. The minimum absolute atomic E-state index is 0.168. The van der Waals surface area contributed by atoms with E-state index in [1.165, 1.54) is 23.3 Å². The van der Waals surface area contributed by atoms with Crippen molar-refractivity contribution in [3.63, 3.8) is 0 Å². The maximum atomic E-state index is 12.7. The van der Waals surface area contributed by atoms with E-state index in [1.54, 1.807) is 0 Å². The number of nitrogens with zero attached hydrogens (tertiary/aromatic N) is 2. The zero-order chi connectivity index (χ0) is 21.5. The van der Waals surface area contributed by atoms with Gasteiger partial charge in [-0.25, -0.2) is 0 Å². The maximum absolute atomic E-state index is 12.7. The largest absolute Gasteiger partial charge is 0.350 e. The first-order valence-corrected chi connectivity index (χ1v) is 11.6. The van der Waals surface area contributed by atoms with Crippen LogP contribution in [0.5, 0.6) is 0 Å². The molecule has 5 atom stereocenters. The van der Waals surface area contributed by atoms with Crippen molar-refractivity contribution in [3.05, 3.63) is 47.5 Å². The molecule has 0 radical (unpaired) electrons. The molecule has 1 aromatic carbocycles. The number of piperidine rings is 1. The average molecular weight is 422 g/mol. The number of allylic oxidation sites excluding steroid dienone is 2. The third kappa shape index (κ3) is 3.93. The smallest absolute Gasteiger partial charge is 0.240 e. The van der Waals surface area contributed by atoms with Crippen LogP contribution in [0.3, 0.4) is 0 Å². The third-order valence-corrected chi connectivity index (χ3v) is 7.52. The van der Waals surface area contributed by atoms with Crippen LogP contribution in [0.25, 0.3) is 0 Å². The number of likely N-dealkylation sites (tertiary alicyclic amines) is 2. The third-order valence-electron chi connectivity index (χ3n) is 7.52. The van der Waals surface area contributed by atoms with Crippen LogP contribution in [0.1, 0.15) is 37.3 Å². The van der Waals surface area contributed by atoms with E-state index in [0.29, 0.717) is 6.54 Å². The molecule has 2 heterocycles. The zero-order valence-corrected chi connectivity index (χ0v) is 18.1. The van der Waals surface area contributed by atoms with E-state index in [4.69, 9.17) is 0 Å². The SMILES string of the molecule is C[C@H]1CCCN(Cc2ccc(CNC(=O)CN3C(=O)[C@@H]4[C@H](C3=O)[C@H]3C=C[C@H]4C3)cc2)C1. The van der Waals surface area contributed by atoms with Crippen molar-refractivity contribution in [2.75, 3.05) is 19.6 Å². The van der Waals surface area contributed by atoms with Gasteiger partial charge in [-0.3, -0.25) is 24.2 Å². The second kappa shape index (κ2) is 8.23. The molecule has 2 aliphatic heterocycles. The van der Waals surface area contributed by atoms with E-state index in [1.807, 2.05) is 12.1 Å². The summed E-state index contributed by atoms with van der Waals surface area (Å²) in [6.45, 7) is 5.83. The van der Waals surface area contributed by atoms with Gasteiger partial charge in [-0.15, -0.1) is 0 Å². The van der Waals surface area contributed by atoms with Gasteiger partial charge in [-0.2, -0.15) is 0 Å². The fourth-order valence-corrected chi connectivity index (χ4v) is 5.97. The molecule has 1 N–H and O–H groups in total. The highest BCUT2D eigenvalue weighted by atomic mass is 16.2. The summed E-state index contributed by atoms with van der Waals surface area (Å²) in [6, 6.07) is 8.34. The summed E-state index contributed by atoms with van der Waals surface area (Å²) in [5, 5.41) is 2.87. The predicted octanol–water partition coefficient (Wildman–Crippen LogP) is 2.34. The van der Waals surface area contributed by atoms with Crippen LogP contribution >= 0.6 is 0 Å². The lowest BCUT2D eigenvalue weighted by Gasteiger charge is -2.30. The lowest BCUT2D eigenvalue weighted by Crippen LogP contribution is -2.41. The molecule has 2 saturated heterocycles. The van der Waals surface area contributed by atoms with Gasteiger partial charge in [-0.05, 0) is 54.7 Å². The molecule has 2 bridgehead atoms. The number of hydrogen-bond donors (Lipinski definition) is 1. The Morgan fingerprint density at radius 3 is 2.32 bits per heavy atom. The summed E-state index contributed by atoms with van der Waals surface area (Å²) < 4.78 is 0. The van der Waals surface area contributed by atoms with Crippen LogP contribution in [0.2, 0.25) is 0 Å². The fraction of sp³-hybridized carbons (Fsp3) is 0.560. The van der Waals surface area contributed by atoms with Gasteiger partial charge in [0.25, 0.3) is 0 Å². The molecule has 6 nitrogen and oxygen atoms in total. The number of carbonyl (C=O) groups is 3. The van der Waals surface area contributed by atoms with E-state index in [2.05, 4.69) is 41.4 Å². The van der Waals surface area contributed by atoms with Gasteiger partial charge in [0, 0.05) is 19.6 Å². The minimum Gasteiger partial charge on any atom is -0.350 e. The van der Waals surface area contributed by atoms with Crippen molar-refractivity contribution < 1.29 is 14.4 Å². The number of nitrogens with one attached hydrogen (secondary N) is 1. The highest BCUT2D eigenvalue weighted by Crippen LogP contribution is 2.52. The molecule has 1 aromatic rings. The second-order valence-electron chi connectivity index (χ2n) is 9.84. The molecule has 3 fully saturated rings. The quantitative estimate of drug-likeness (QED) is 0.566. The number of imide groups is 1.